The molecule has 5 nitrogen and oxygen atoms in total. The Morgan fingerprint density at radius 2 is 2.00 bits per heavy atom. The van der Waals surface area contributed by atoms with E-state index in [0.717, 1.165) is 23.5 Å². The average Bonchev–Trinajstić information content (AvgIpc) is 2.46. The molecule has 0 radical (unpaired) electrons. The summed E-state index contributed by atoms with van der Waals surface area (Å²) in [4.78, 5) is 21.8. The summed E-state index contributed by atoms with van der Waals surface area (Å²) in [6.45, 7) is 0. The number of fused-ring (bicyclic) bond motifs is 1. The van der Waals surface area contributed by atoms with E-state index in [2.05, 4.69) is 16.0 Å². The molecule has 1 amide bonds. The van der Waals surface area contributed by atoms with Crippen LogP contribution in [0.5, 0.6) is 0 Å². The molecular weight excluding hydrogens is 252 g/mol. The van der Waals surface area contributed by atoms with Gasteiger partial charge in [-0.2, -0.15) is 0 Å². The van der Waals surface area contributed by atoms with E-state index in [1.165, 1.54) is 5.56 Å². The summed E-state index contributed by atoms with van der Waals surface area (Å²) in [6, 6.07) is 6.16. The van der Waals surface area contributed by atoms with E-state index in [9.17, 15) is 4.79 Å². The second-order valence-corrected chi connectivity index (χ2v) is 5.03. The second kappa shape index (κ2) is 4.92. The summed E-state index contributed by atoms with van der Waals surface area (Å²) in [5, 5.41) is 0. The number of nitrogens with zero attached hydrogens (tertiary/aromatic N) is 3. The van der Waals surface area contributed by atoms with Gasteiger partial charge in [0, 0.05) is 25.6 Å². The van der Waals surface area contributed by atoms with Gasteiger partial charge >= 0.3 is 0 Å². The Balaban J connectivity index is 1.86. The Kier molecular flexibility index (Phi) is 3.10. The molecule has 0 fully saturated rings. The number of nitrogen functional groups attached to an aromatic ring is 1. The third-order valence-electron chi connectivity index (χ3n) is 3.58. The lowest BCUT2D eigenvalue weighted by atomic mass is 9.98. The minimum absolute atomic E-state index is 0.173. The van der Waals surface area contributed by atoms with Gasteiger partial charge < -0.3 is 10.6 Å². The minimum atomic E-state index is 0.173. The van der Waals surface area contributed by atoms with Gasteiger partial charge in [-0.1, -0.05) is 12.1 Å². The van der Waals surface area contributed by atoms with Crippen molar-refractivity contribution >= 4 is 17.3 Å². The molecule has 0 aliphatic carbocycles. The number of hydrogen-bond acceptors (Lipinski definition) is 4. The maximum absolute atomic E-state index is 11.7. The number of nitrogens with two attached hydrogens (primary N) is 1. The van der Waals surface area contributed by atoms with Crippen LogP contribution in [0.2, 0.25) is 0 Å². The quantitative estimate of drug-likeness (QED) is 0.897. The molecule has 0 unspecified atom stereocenters. The van der Waals surface area contributed by atoms with E-state index in [-0.39, 0.29) is 5.91 Å². The monoisotopic (exact) mass is 268 g/mol. The molecule has 2 heterocycles. The Hall–Kier alpha value is -2.43. The number of aryl methyl sites for hydroxylation is 1. The normalized spacial score (nSPS) is 14.2. The van der Waals surface area contributed by atoms with E-state index >= 15 is 0 Å². The van der Waals surface area contributed by atoms with Gasteiger partial charge in [0.25, 0.3) is 0 Å². The van der Waals surface area contributed by atoms with Gasteiger partial charge in [-0.15, -0.1) is 0 Å². The van der Waals surface area contributed by atoms with Crippen molar-refractivity contribution in [3.8, 4) is 0 Å². The third kappa shape index (κ3) is 2.34. The van der Waals surface area contributed by atoms with Gasteiger partial charge in [0.05, 0.1) is 18.1 Å². The zero-order valence-electron chi connectivity index (χ0n) is 11.3. The van der Waals surface area contributed by atoms with Gasteiger partial charge in [0.2, 0.25) is 5.91 Å². The summed E-state index contributed by atoms with van der Waals surface area (Å²) in [7, 11) is 1.82. The van der Waals surface area contributed by atoms with Crippen LogP contribution in [-0.2, 0) is 17.6 Å². The van der Waals surface area contributed by atoms with Gasteiger partial charge in [-0.3, -0.25) is 4.79 Å². The summed E-state index contributed by atoms with van der Waals surface area (Å²) in [5.41, 5.74) is 9.51. The van der Waals surface area contributed by atoms with Crippen molar-refractivity contribution < 1.29 is 4.79 Å². The lowest BCUT2D eigenvalue weighted by Crippen LogP contribution is -2.31. The molecule has 0 atom stereocenters. The summed E-state index contributed by atoms with van der Waals surface area (Å²) in [5.74, 6) is 0.923. The van der Waals surface area contributed by atoms with Crippen LogP contribution in [0.15, 0.2) is 30.6 Å². The van der Waals surface area contributed by atoms with Crippen molar-refractivity contribution in [1.82, 2.24) is 9.97 Å². The van der Waals surface area contributed by atoms with Crippen molar-refractivity contribution in [1.29, 1.82) is 0 Å². The van der Waals surface area contributed by atoms with Gasteiger partial charge in [-0.25, -0.2) is 9.97 Å². The van der Waals surface area contributed by atoms with Crippen LogP contribution in [0, 0.1) is 0 Å². The van der Waals surface area contributed by atoms with Gasteiger partial charge in [-0.05, 0) is 23.6 Å². The van der Waals surface area contributed by atoms with Crippen LogP contribution >= 0.6 is 0 Å². The molecule has 0 saturated carbocycles. The predicted octanol–water partition coefficient (Wildman–Crippen LogP) is 1.56. The average molecular weight is 268 g/mol. The van der Waals surface area contributed by atoms with Gasteiger partial charge in [0.15, 0.2) is 0 Å². The van der Waals surface area contributed by atoms with Crippen molar-refractivity contribution in [2.75, 3.05) is 17.7 Å². The van der Waals surface area contributed by atoms with E-state index in [1.54, 1.807) is 17.3 Å². The molecule has 1 aliphatic rings. The topological polar surface area (TPSA) is 72.1 Å². The minimum Gasteiger partial charge on any atom is -0.396 e. The molecule has 102 valence electrons. The number of amides is 1. The molecule has 1 aromatic heterocycles. The van der Waals surface area contributed by atoms with E-state index in [0.29, 0.717) is 18.5 Å². The number of rotatable bonds is 2. The SMILES string of the molecule is CN1C(=O)CCc2cc(Cc3ncc(N)cn3)ccc21. The van der Waals surface area contributed by atoms with Crippen molar-refractivity contribution in [3.05, 3.63) is 47.5 Å². The first-order chi connectivity index (χ1) is 9.63. The number of aromatic nitrogens is 2. The maximum Gasteiger partial charge on any atom is 0.227 e. The lowest BCUT2D eigenvalue weighted by Gasteiger charge is -2.26. The van der Waals surface area contributed by atoms with Crippen molar-refractivity contribution in [2.45, 2.75) is 19.3 Å². The number of benzene rings is 1. The molecule has 0 bridgehead atoms. The number of carbonyl (C=O) groups excluding carboxylic acids is 1. The molecular formula is C15H16N4O. The van der Waals surface area contributed by atoms with Gasteiger partial charge in [0.1, 0.15) is 5.82 Å². The third-order valence-corrected chi connectivity index (χ3v) is 3.58. The molecule has 3 rings (SSSR count). The number of carbonyl (C=O) groups is 1. The summed E-state index contributed by atoms with van der Waals surface area (Å²) < 4.78 is 0. The summed E-state index contributed by atoms with van der Waals surface area (Å²) >= 11 is 0. The highest BCUT2D eigenvalue weighted by Crippen LogP contribution is 2.28. The van der Waals surface area contributed by atoms with Crippen molar-refractivity contribution in [2.24, 2.45) is 0 Å². The molecule has 2 aromatic rings. The fourth-order valence-corrected chi connectivity index (χ4v) is 2.46. The van der Waals surface area contributed by atoms with Crippen LogP contribution in [0.25, 0.3) is 0 Å². The fourth-order valence-electron chi connectivity index (χ4n) is 2.46. The molecule has 2 N–H and O–H groups in total. The lowest BCUT2D eigenvalue weighted by molar-refractivity contribution is -0.118. The number of hydrogen-bond donors (Lipinski definition) is 1. The zero-order valence-corrected chi connectivity index (χ0v) is 11.3. The van der Waals surface area contributed by atoms with E-state index < -0.39 is 0 Å². The second-order valence-electron chi connectivity index (χ2n) is 5.03. The van der Waals surface area contributed by atoms with E-state index in [1.807, 2.05) is 19.2 Å². The molecule has 0 spiro atoms. The smallest absolute Gasteiger partial charge is 0.227 e. The predicted molar refractivity (Wildman–Crippen MR) is 77.4 cm³/mol. The molecule has 0 saturated heterocycles. The first-order valence-electron chi connectivity index (χ1n) is 6.58. The Bertz CT molecular complexity index is 651. The summed E-state index contributed by atoms with van der Waals surface area (Å²) in [6.07, 6.45) is 5.28. The highest BCUT2D eigenvalue weighted by atomic mass is 16.2. The number of anilines is 2. The molecule has 1 aromatic carbocycles. The van der Waals surface area contributed by atoms with Crippen LogP contribution in [-0.4, -0.2) is 22.9 Å². The van der Waals surface area contributed by atoms with Crippen LogP contribution in [0.3, 0.4) is 0 Å². The van der Waals surface area contributed by atoms with Crippen LogP contribution in [0.1, 0.15) is 23.4 Å². The first kappa shape index (κ1) is 12.6. The zero-order chi connectivity index (χ0) is 14.1. The van der Waals surface area contributed by atoms with Crippen LogP contribution < -0.4 is 10.6 Å². The first-order valence-corrected chi connectivity index (χ1v) is 6.58. The standard InChI is InChI=1S/C15H16N4O/c1-19-13-4-2-10(6-11(13)3-5-15(19)20)7-14-17-8-12(16)9-18-14/h2,4,6,8-9H,3,5,7,16H2,1H3. The largest absolute Gasteiger partial charge is 0.396 e. The Morgan fingerprint density at radius 3 is 2.75 bits per heavy atom. The highest BCUT2D eigenvalue weighted by Gasteiger charge is 2.20. The van der Waals surface area contributed by atoms with Crippen molar-refractivity contribution in [3.63, 3.8) is 0 Å². The molecule has 1 aliphatic heterocycles. The fraction of sp³-hybridized carbons (Fsp3) is 0.267. The van der Waals surface area contributed by atoms with E-state index in [4.69, 9.17) is 5.73 Å². The molecule has 20 heavy (non-hydrogen) atoms. The Morgan fingerprint density at radius 1 is 1.25 bits per heavy atom. The van der Waals surface area contributed by atoms with Crippen LogP contribution in [0.4, 0.5) is 11.4 Å². The Labute approximate surface area is 117 Å². The maximum atomic E-state index is 11.7. The highest BCUT2D eigenvalue weighted by molar-refractivity contribution is 5.95. The molecule has 5 heteroatoms.